The lowest BCUT2D eigenvalue weighted by Gasteiger charge is -2.38. The van der Waals surface area contributed by atoms with Crippen molar-refractivity contribution in [2.75, 3.05) is 33.4 Å². The van der Waals surface area contributed by atoms with Crippen LogP contribution >= 0.6 is 0 Å². The molecule has 3 rings (SSSR count). The molecule has 23 heavy (non-hydrogen) atoms. The zero-order valence-electron chi connectivity index (χ0n) is 13.6. The molecule has 1 N–H and O–H groups in total. The van der Waals surface area contributed by atoms with E-state index in [0.29, 0.717) is 38.0 Å². The van der Waals surface area contributed by atoms with Gasteiger partial charge < -0.3 is 24.3 Å². The SMILES string of the molecule is COCCNC(=O)N1CC(Oc2cc(C)n(C3CC3)c(=O)c2)C1. The summed E-state index contributed by atoms with van der Waals surface area (Å²) in [5, 5.41) is 2.77. The Bertz CT molecular complexity index is 633. The summed E-state index contributed by atoms with van der Waals surface area (Å²) in [5.74, 6) is 0.592. The second kappa shape index (κ2) is 6.62. The van der Waals surface area contributed by atoms with Crippen LogP contribution in [-0.4, -0.2) is 55.0 Å². The van der Waals surface area contributed by atoms with E-state index in [1.807, 2.05) is 17.6 Å². The maximum Gasteiger partial charge on any atom is 0.317 e. The van der Waals surface area contributed by atoms with Crippen LogP contribution in [-0.2, 0) is 4.74 Å². The zero-order chi connectivity index (χ0) is 16.4. The van der Waals surface area contributed by atoms with Crippen molar-refractivity contribution in [2.45, 2.75) is 31.9 Å². The van der Waals surface area contributed by atoms with Crippen LogP contribution in [0, 0.1) is 6.92 Å². The van der Waals surface area contributed by atoms with Crippen molar-refractivity contribution < 1.29 is 14.3 Å². The Morgan fingerprint density at radius 2 is 2.09 bits per heavy atom. The Labute approximate surface area is 135 Å². The number of ether oxygens (including phenoxy) is 2. The number of urea groups is 1. The molecule has 126 valence electrons. The van der Waals surface area contributed by atoms with Gasteiger partial charge in [0.1, 0.15) is 11.9 Å². The first kappa shape index (κ1) is 15.9. The third kappa shape index (κ3) is 3.67. The normalized spacial score (nSPS) is 17.7. The van der Waals surface area contributed by atoms with Crippen molar-refractivity contribution in [1.82, 2.24) is 14.8 Å². The molecule has 0 radical (unpaired) electrons. The van der Waals surface area contributed by atoms with Gasteiger partial charge in [-0.25, -0.2) is 4.79 Å². The third-order valence-corrected chi connectivity index (χ3v) is 4.17. The molecule has 0 atom stereocenters. The minimum atomic E-state index is -0.109. The van der Waals surface area contributed by atoms with Crippen LogP contribution in [0.1, 0.15) is 24.6 Å². The summed E-state index contributed by atoms with van der Waals surface area (Å²) in [4.78, 5) is 25.6. The van der Waals surface area contributed by atoms with E-state index in [2.05, 4.69) is 5.32 Å². The Hall–Kier alpha value is -2.02. The standard InChI is InChI=1S/C16H23N3O4/c1-11-7-13(8-15(20)19(11)12-3-4-12)23-14-9-18(10-14)16(21)17-5-6-22-2/h7-8,12,14H,3-6,9-10H2,1-2H3,(H,17,21). The number of methoxy groups -OCH3 is 1. The Balaban J connectivity index is 1.50. The number of rotatable bonds is 6. The van der Waals surface area contributed by atoms with E-state index in [9.17, 15) is 9.59 Å². The molecule has 0 bridgehead atoms. The van der Waals surface area contributed by atoms with Gasteiger partial charge in [0.25, 0.3) is 5.56 Å². The van der Waals surface area contributed by atoms with Gasteiger partial charge in [-0.15, -0.1) is 0 Å². The van der Waals surface area contributed by atoms with Gasteiger partial charge in [-0.2, -0.15) is 0 Å². The van der Waals surface area contributed by atoms with Gasteiger partial charge in [0.2, 0.25) is 0 Å². The maximum atomic E-state index is 12.1. The summed E-state index contributed by atoms with van der Waals surface area (Å²) in [6.45, 7) is 3.99. The fraction of sp³-hybridized carbons (Fsp3) is 0.625. The van der Waals surface area contributed by atoms with E-state index in [0.717, 1.165) is 18.5 Å². The van der Waals surface area contributed by atoms with Crippen molar-refractivity contribution in [3.63, 3.8) is 0 Å². The highest BCUT2D eigenvalue weighted by Gasteiger charge is 2.32. The summed E-state index contributed by atoms with van der Waals surface area (Å²) < 4.78 is 12.5. The Morgan fingerprint density at radius 1 is 1.35 bits per heavy atom. The van der Waals surface area contributed by atoms with Crippen molar-refractivity contribution in [3.05, 3.63) is 28.2 Å². The molecule has 1 saturated carbocycles. The second-order valence-electron chi connectivity index (χ2n) is 6.14. The number of aryl methyl sites for hydroxylation is 1. The molecule has 1 aliphatic heterocycles. The predicted molar refractivity (Wildman–Crippen MR) is 85.0 cm³/mol. The van der Waals surface area contributed by atoms with Gasteiger partial charge >= 0.3 is 6.03 Å². The van der Waals surface area contributed by atoms with Crippen LogP contribution in [0.3, 0.4) is 0 Å². The van der Waals surface area contributed by atoms with Crippen LogP contribution in [0.5, 0.6) is 5.75 Å². The summed E-state index contributed by atoms with van der Waals surface area (Å²) in [7, 11) is 1.60. The van der Waals surface area contributed by atoms with Gasteiger partial charge in [-0.3, -0.25) is 4.79 Å². The molecule has 1 aliphatic carbocycles. The minimum absolute atomic E-state index is 0.00371. The monoisotopic (exact) mass is 321 g/mol. The molecule has 2 amide bonds. The highest BCUT2D eigenvalue weighted by Crippen LogP contribution is 2.34. The average Bonchev–Trinajstić information content (AvgIpc) is 3.26. The molecule has 1 saturated heterocycles. The van der Waals surface area contributed by atoms with E-state index in [-0.39, 0.29) is 17.7 Å². The molecule has 1 aromatic heterocycles. The number of amides is 2. The second-order valence-corrected chi connectivity index (χ2v) is 6.14. The molecule has 2 fully saturated rings. The number of carbonyl (C=O) groups is 1. The molecular weight excluding hydrogens is 298 g/mol. The largest absolute Gasteiger partial charge is 0.486 e. The molecule has 0 spiro atoms. The number of nitrogens with zero attached hydrogens (tertiary/aromatic N) is 2. The van der Waals surface area contributed by atoms with Gasteiger partial charge in [-0.1, -0.05) is 0 Å². The molecule has 2 heterocycles. The van der Waals surface area contributed by atoms with Crippen molar-refractivity contribution in [2.24, 2.45) is 0 Å². The molecule has 2 aliphatic rings. The van der Waals surface area contributed by atoms with Crippen LogP contribution in [0.4, 0.5) is 4.79 Å². The summed E-state index contributed by atoms with van der Waals surface area (Å²) in [6, 6.07) is 3.71. The first-order chi connectivity index (χ1) is 11.1. The van der Waals surface area contributed by atoms with Crippen molar-refractivity contribution >= 4 is 6.03 Å². The highest BCUT2D eigenvalue weighted by molar-refractivity contribution is 5.75. The minimum Gasteiger partial charge on any atom is -0.486 e. The first-order valence-corrected chi connectivity index (χ1v) is 8.00. The molecule has 0 unspecified atom stereocenters. The van der Waals surface area contributed by atoms with Gasteiger partial charge in [0.05, 0.1) is 19.7 Å². The number of nitrogens with one attached hydrogen (secondary N) is 1. The lowest BCUT2D eigenvalue weighted by molar-refractivity contribution is 0.0436. The van der Waals surface area contributed by atoms with E-state index in [1.54, 1.807) is 18.1 Å². The molecular formula is C16H23N3O4. The Kier molecular flexibility index (Phi) is 4.56. The van der Waals surface area contributed by atoms with Crippen molar-refractivity contribution in [3.8, 4) is 5.75 Å². The van der Waals surface area contributed by atoms with Crippen LogP contribution in [0.2, 0.25) is 0 Å². The first-order valence-electron chi connectivity index (χ1n) is 8.00. The topological polar surface area (TPSA) is 72.8 Å². The molecule has 1 aromatic rings. The van der Waals surface area contributed by atoms with Crippen LogP contribution in [0.15, 0.2) is 16.9 Å². The fourth-order valence-electron chi connectivity index (χ4n) is 2.79. The lowest BCUT2D eigenvalue weighted by atomic mass is 10.2. The predicted octanol–water partition coefficient (Wildman–Crippen LogP) is 0.911. The van der Waals surface area contributed by atoms with Crippen molar-refractivity contribution in [1.29, 1.82) is 0 Å². The third-order valence-electron chi connectivity index (χ3n) is 4.17. The van der Waals surface area contributed by atoms with Crippen LogP contribution in [0.25, 0.3) is 0 Å². The lowest BCUT2D eigenvalue weighted by Crippen LogP contribution is -2.59. The quantitative estimate of drug-likeness (QED) is 0.791. The smallest absolute Gasteiger partial charge is 0.317 e. The highest BCUT2D eigenvalue weighted by atomic mass is 16.5. The number of hydrogen-bond acceptors (Lipinski definition) is 4. The Morgan fingerprint density at radius 3 is 2.70 bits per heavy atom. The number of carbonyl (C=O) groups excluding carboxylic acids is 1. The fourth-order valence-corrected chi connectivity index (χ4v) is 2.79. The summed E-state index contributed by atoms with van der Waals surface area (Å²) in [6.07, 6.45) is 2.10. The molecule has 7 heteroatoms. The van der Waals surface area contributed by atoms with Gasteiger partial charge in [0.15, 0.2) is 0 Å². The molecule has 7 nitrogen and oxygen atoms in total. The van der Waals surface area contributed by atoms with E-state index >= 15 is 0 Å². The summed E-state index contributed by atoms with van der Waals surface area (Å²) in [5.41, 5.74) is 0.930. The van der Waals surface area contributed by atoms with E-state index in [4.69, 9.17) is 9.47 Å². The summed E-state index contributed by atoms with van der Waals surface area (Å²) >= 11 is 0. The number of aromatic nitrogens is 1. The number of pyridine rings is 1. The average molecular weight is 321 g/mol. The van der Waals surface area contributed by atoms with Crippen LogP contribution < -0.4 is 15.6 Å². The zero-order valence-corrected chi connectivity index (χ0v) is 13.6. The molecule has 0 aromatic carbocycles. The number of hydrogen-bond donors (Lipinski definition) is 1. The maximum absolute atomic E-state index is 12.1. The van der Waals surface area contributed by atoms with Gasteiger partial charge in [0, 0.05) is 31.5 Å². The van der Waals surface area contributed by atoms with E-state index in [1.165, 1.54) is 0 Å². The number of likely N-dealkylation sites (tertiary alicyclic amines) is 1. The van der Waals surface area contributed by atoms with E-state index < -0.39 is 0 Å². The van der Waals surface area contributed by atoms with Gasteiger partial charge in [-0.05, 0) is 25.8 Å².